The van der Waals surface area contributed by atoms with Gasteiger partial charge in [-0.25, -0.2) is 0 Å². The summed E-state index contributed by atoms with van der Waals surface area (Å²) < 4.78 is 4.53. The van der Waals surface area contributed by atoms with Crippen LogP contribution in [0.5, 0.6) is 0 Å². The predicted octanol–water partition coefficient (Wildman–Crippen LogP) is 7.44. The minimum atomic E-state index is 0.127. The fraction of sp³-hybridized carbons (Fsp3) is 0.406. The highest BCUT2D eigenvalue weighted by molar-refractivity contribution is 5.94. The maximum absolute atomic E-state index is 3.74. The molecular weight excluding hydrogens is 426 g/mol. The second-order valence-corrected chi connectivity index (χ2v) is 12.9. The van der Waals surface area contributed by atoms with E-state index in [4.69, 9.17) is 0 Å². The van der Waals surface area contributed by atoms with E-state index >= 15 is 0 Å². The van der Waals surface area contributed by atoms with Gasteiger partial charge in [-0.3, -0.25) is 9.13 Å². The van der Waals surface area contributed by atoms with Crippen molar-refractivity contribution in [1.82, 2.24) is 4.57 Å². The molecule has 0 amide bonds. The second kappa shape index (κ2) is 7.00. The van der Waals surface area contributed by atoms with Gasteiger partial charge in [-0.15, -0.1) is 0 Å². The van der Waals surface area contributed by atoms with Gasteiger partial charge in [0.1, 0.15) is 5.52 Å². The Morgan fingerprint density at radius 3 is 2.23 bits per heavy atom. The minimum Gasteiger partial charge on any atom is -0.350 e. The summed E-state index contributed by atoms with van der Waals surface area (Å²) in [7, 11) is 2.24. The van der Waals surface area contributed by atoms with E-state index in [0.717, 1.165) is 5.69 Å². The molecule has 0 atom stereocenters. The van der Waals surface area contributed by atoms with Crippen LogP contribution in [0.25, 0.3) is 22.4 Å². The van der Waals surface area contributed by atoms with Gasteiger partial charge in [0.25, 0.3) is 6.33 Å². The first-order valence-electron chi connectivity index (χ1n) is 12.9. The topological polar surface area (TPSA) is 12.1 Å². The van der Waals surface area contributed by atoms with Crippen molar-refractivity contribution in [2.75, 3.05) is 11.9 Å². The summed E-state index contributed by atoms with van der Waals surface area (Å²) in [5.74, 6) is 0. The number of aromatic nitrogens is 2. The van der Waals surface area contributed by atoms with Gasteiger partial charge >= 0.3 is 0 Å². The van der Waals surface area contributed by atoms with Crippen molar-refractivity contribution < 1.29 is 4.57 Å². The van der Waals surface area contributed by atoms with Crippen molar-refractivity contribution in [3.8, 4) is 11.4 Å². The highest BCUT2D eigenvalue weighted by Crippen LogP contribution is 2.52. The number of hydrogen-bond donors (Lipinski definition) is 0. The van der Waals surface area contributed by atoms with E-state index in [0.29, 0.717) is 0 Å². The lowest BCUT2D eigenvalue weighted by Gasteiger charge is -2.45. The molecule has 0 saturated carbocycles. The lowest BCUT2D eigenvalue weighted by Crippen LogP contribution is -2.41. The van der Waals surface area contributed by atoms with Crippen LogP contribution in [0.1, 0.15) is 78.0 Å². The first kappa shape index (κ1) is 22.4. The van der Waals surface area contributed by atoms with Crippen LogP contribution >= 0.6 is 0 Å². The fourth-order valence-corrected chi connectivity index (χ4v) is 6.24. The van der Waals surface area contributed by atoms with Crippen molar-refractivity contribution in [3.05, 3.63) is 77.6 Å². The molecule has 0 fully saturated rings. The Bertz CT molecular complexity index is 1480. The zero-order chi connectivity index (χ0) is 24.9. The molecule has 4 aromatic rings. The molecule has 0 radical (unpaired) electrons. The summed E-state index contributed by atoms with van der Waals surface area (Å²) in [6.07, 6.45) is 6.16. The van der Waals surface area contributed by atoms with Crippen LogP contribution in [0.2, 0.25) is 0 Å². The smallest absolute Gasteiger partial charge is 0.269 e. The van der Waals surface area contributed by atoms with E-state index in [1.165, 1.54) is 57.6 Å². The Morgan fingerprint density at radius 2 is 1.54 bits per heavy atom. The zero-order valence-electron chi connectivity index (χ0n) is 22.5. The second-order valence-electron chi connectivity index (χ2n) is 12.9. The Balaban J connectivity index is 1.62. The number of para-hydroxylation sites is 1. The molecule has 3 heteroatoms. The molecule has 3 nitrogen and oxygen atoms in total. The van der Waals surface area contributed by atoms with Crippen molar-refractivity contribution in [1.29, 1.82) is 0 Å². The summed E-state index contributed by atoms with van der Waals surface area (Å²) in [5, 5.41) is 0. The molecule has 1 aromatic heterocycles. The standard InChI is InChI=1S/C32H37N3/c1-30(2,3)21-12-14-22(15-13-21)34-20-35-26-17-16-23-27(32(6,7)19-18-31(23,4)5)29(26)33(8)24-10-9-11-25(34)28(24)35/h9-17H,18-19H2,1-8H3. The number of fused-ring (bicyclic) bond motifs is 4. The maximum Gasteiger partial charge on any atom is 0.269 e. The minimum absolute atomic E-state index is 0.127. The summed E-state index contributed by atoms with van der Waals surface area (Å²) in [6, 6.07) is 20.3. The molecule has 1 aliphatic heterocycles. The summed E-state index contributed by atoms with van der Waals surface area (Å²) in [4.78, 5) is 2.43. The molecule has 0 bridgehead atoms. The van der Waals surface area contributed by atoms with Crippen molar-refractivity contribution in [3.63, 3.8) is 0 Å². The molecule has 2 aliphatic rings. The summed E-state index contributed by atoms with van der Waals surface area (Å²) in [5.41, 5.74) is 12.1. The van der Waals surface area contributed by atoms with Crippen LogP contribution in [0.3, 0.4) is 0 Å². The van der Waals surface area contributed by atoms with Crippen LogP contribution in [0, 0.1) is 6.33 Å². The quantitative estimate of drug-likeness (QED) is 0.211. The predicted molar refractivity (Wildman–Crippen MR) is 146 cm³/mol. The average Bonchev–Trinajstić information content (AvgIpc) is 3.20. The van der Waals surface area contributed by atoms with Crippen LogP contribution in [-0.2, 0) is 16.2 Å². The normalized spacial score (nSPS) is 17.9. The van der Waals surface area contributed by atoms with Crippen molar-refractivity contribution in [2.45, 2.75) is 77.6 Å². The summed E-state index contributed by atoms with van der Waals surface area (Å²) in [6.45, 7) is 16.4. The third-order valence-electron chi connectivity index (χ3n) is 8.52. The highest BCUT2D eigenvalue weighted by Gasteiger charge is 2.41. The first-order valence-corrected chi connectivity index (χ1v) is 12.9. The van der Waals surface area contributed by atoms with Crippen LogP contribution in [0.15, 0.2) is 54.6 Å². The Morgan fingerprint density at radius 1 is 0.857 bits per heavy atom. The highest BCUT2D eigenvalue weighted by atomic mass is 15.2. The van der Waals surface area contributed by atoms with Gasteiger partial charge in [0.2, 0.25) is 0 Å². The molecule has 0 N–H and O–H groups in total. The molecule has 0 spiro atoms. The Hall–Kier alpha value is -3.07. The largest absolute Gasteiger partial charge is 0.350 e. The first-order chi connectivity index (χ1) is 16.4. The number of anilines is 2. The SMILES string of the molecule is CN1c2c(ccc3c2C(C)(C)CCC3(C)C)-[n+]2[c-]n(-c3ccc(C(C)(C)C)cc3)c3cccc1c32. The molecule has 0 unspecified atom stereocenters. The molecule has 3 aromatic carbocycles. The van der Waals surface area contributed by atoms with Gasteiger partial charge in [0.05, 0.1) is 22.6 Å². The summed E-state index contributed by atoms with van der Waals surface area (Å²) >= 11 is 0. The lowest BCUT2D eigenvalue weighted by molar-refractivity contribution is -0.572. The number of nitrogens with zero attached hydrogens (tertiary/aromatic N) is 3. The zero-order valence-corrected chi connectivity index (χ0v) is 22.5. The van der Waals surface area contributed by atoms with Gasteiger partial charge in [-0.2, -0.15) is 0 Å². The van der Waals surface area contributed by atoms with Crippen LogP contribution < -0.4 is 9.47 Å². The van der Waals surface area contributed by atoms with Crippen molar-refractivity contribution >= 4 is 22.4 Å². The van der Waals surface area contributed by atoms with E-state index in [1.54, 1.807) is 0 Å². The van der Waals surface area contributed by atoms with Crippen LogP contribution in [-0.4, -0.2) is 11.6 Å². The molecule has 6 rings (SSSR count). The van der Waals surface area contributed by atoms with E-state index < -0.39 is 0 Å². The Kier molecular flexibility index (Phi) is 4.48. The van der Waals surface area contributed by atoms with Gasteiger partial charge < -0.3 is 4.90 Å². The maximum atomic E-state index is 3.74. The molecule has 1 aliphatic carbocycles. The average molecular weight is 464 g/mol. The number of rotatable bonds is 1. The van der Waals surface area contributed by atoms with E-state index in [2.05, 4.69) is 130 Å². The van der Waals surface area contributed by atoms with E-state index in [1.807, 2.05) is 0 Å². The third kappa shape index (κ3) is 3.13. The Labute approximate surface area is 210 Å². The number of hydrogen-bond acceptors (Lipinski definition) is 1. The molecular formula is C32H37N3. The van der Waals surface area contributed by atoms with Gasteiger partial charge in [-0.05, 0) is 70.0 Å². The number of imidazole rings is 1. The monoisotopic (exact) mass is 463 g/mol. The number of benzene rings is 3. The van der Waals surface area contributed by atoms with E-state index in [9.17, 15) is 0 Å². The molecule has 2 heterocycles. The molecule has 0 saturated heterocycles. The van der Waals surface area contributed by atoms with Gasteiger partial charge in [0.15, 0.2) is 0 Å². The van der Waals surface area contributed by atoms with Crippen molar-refractivity contribution in [2.24, 2.45) is 0 Å². The molecule has 180 valence electrons. The third-order valence-corrected chi connectivity index (χ3v) is 8.52. The van der Waals surface area contributed by atoms with Crippen LogP contribution in [0.4, 0.5) is 11.4 Å². The van der Waals surface area contributed by atoms with E-state index in [-0.39, 0.29) is 16.2 Å². The van der Waals surface area contributed by atoms with Gasteiger partial charge in [0, 0.05) is 12.7 Å². The van der Waals surface area contributed by atoms with Gasteiger partial charge in [-0.1, -0.05) is 78.8 Å². The molecule has 35 heavy (non-hydrogen) atoms. The lowest BCUT2D eigenvalue weighted by atomic mass is 9.62. The fourth-order valence-electron chi connectivity index (χ4n) is 6.24.